The Morgan fingerprint density at radius 1 is 0.469 bits per heavy atom. The predicted octanol–water partition coefficient (Wildman–Crippen LogP) is 10.2. The van der Waals surface area contributed by atoms with Crippen molar-refractivity contribution in [1.82, 2.24) is 0 Å². The van der Waals surface area contributed by atoms with Crippen molar-refractivity contribution in [2.24, 2.45) is 0 Å². The van der Waals surface area contributed by atoms with E-state index in [1.54, 1.807) is 0 Å². The minimum atomic E-state index is -0.671. The molecule has 0 aliphatic heterocycles. The maximum absolute atomic E-state index is 6.65. The maximum Gasteiger partial charge on any atom is 0.161 e. The van der Waals surface area contributed by atoms with Crippen LogP contribution in [0.5, 0.6) is 0 Å². The molecule has 2 unspecified atom stereocenters. The van der Waals surface area contributed by atoms with Crippen molar-refractivity contribution in [2.45, 2.75) is 58.4 Å². The van der Waals surface area contributed by atoms with E-state index < -0.39 is 11.4 Å². The van der Waals surface area contributed by atoms with Gasteiger partial charge in [0.15, 0.2) is 11.4 Å². The fourth-order valence-electron chi connectivity index (χ4n) is 5.84. The molecule has 0 heterocycles. The fraction of sp³-hybridized carbons (Fsp3) is 0.256. The van der Waals surface area contributed by atoms with Crippen molar-refractivity contribution < 1.29 is 9.47 Å². The van der Waals surface area contributed by atoms with Crippen molar-refractivity contribution in [1.29, 1.82) is 0 Å². The van der Waals surface area contributed by atoms with Gasteiger partial charge in [-0.3, -0.25) is 0 Å². The van der Waals surface area contributed by atoms with Gasteiger partial charge in [-0.2, -0.15) is 0 Å². The number of allylic oxidation sites excluding steroid dienone is 2. The van der Waals surface area contributed by atoms with Gasteiger partial charge in [0.25, 0.3) is 0 Å². The highest BCUT2D eigenvalue weighted by molar-refractivity contribution is 5.56. The quantitative estimate of drug-likeness (QED) is 0.0803. The van der Waals surface area contributed by atoms with E-state index in [4.69, 9.17) is 9.47 Å². The zero-order valence-electron chi connectivity index (χ0n) is 29.1. The van der Waals surface area contributed by atoms with Crippen LogP contribution in [0.2, 0.25) is 0 Å². The molecule has 0 spiro atoms. The van der Waals surface area contributed by atoms with E-state index in [2.05, 4.69) is 182 Å². The summed E-state index contributed by atoms with van der Waals surface area (Å²) in [6.45, 7) is 9.45. The molecule has 0 amide bonds. The molecule has 0 fully saturated rings. The highest BCUT2D eigenvalue weighted by Gasteiger charge is 2.31. The summed E-state index contributed by atoms with van der Waals surface area (Å²) in [6, 6.07) is 33.8. The lowest BCUT2D eigenvalue weighted by Crippen LogP contribution is -2.42. The highest BCUT2D eigenvalue weighted by Crippen LogP contribution is 2.31. The van der Waals surface area contributed by atoms with Crippen LogP contribution >= 0.6 is 0 Å². The van der Waals surface area contributed by atoms with E-state index >= 15 is 0 Å². The van der Waals surface area contributed by atoms with Crippen LogP contribution in [0.1, 0.15) is 41.5 Å². The molecular formula is C43H48N4O2. The zero-order chi connectivity index (χ0) is 34.1. The minimum Gasteiger partial charge on any atom is -0.356 e. The Morgan fingerprint density at radius 2 is 0.796 bits per heavy atom. The van der Waals surface area contributed by atoms with Crippen LogP contribution in [0.3, 0.4) is 0 Å². The summed E-state index contributed by atoms with van der Waals surface area (Å²) in [5.41, 5.74) is 9.85. The first kappa shape index (κ1) is 33.8. The summed E-state index contributed by atoms with van der Waals surface area (Å²) in [4.78, 5) is 0. The standard InChI is InChI=1S/C43H48N4O2/c1-32-6-14-36(15-7-32)44-38-22-26-42(27-23-38,46-40-18-10-34(3)11-19-40)48-30-5-31-49-43(47-41-20-12-35(4)13-21-41)28-24-39(25-29-43)45-37-16-8-33(2)9-17-37/h6-26,28,44-47H,5,27,29-31H2,1-4H3. The van der Waals surface area contributed by atoms with Crippen molar-refractivity contribution in [3.63, 3.8) is 0 Å². The Bertz CT molecular complexity index is 1670. The Balaban J connectivity index is 1.09. The molecular weight excluding hydrogens is 604 g/mol. The zero-order valence-corrected chi connectivity index (χ0v) is 29.1. The van der Waals surface area contributed by atoms with Crippen LogP contribution in [0, 0.1) is 27.7 Å². The molecule has 6 rings (SSSR count). The third-order valence-electron chi connectivity index (χ3n) is 8.82. The smallest absolute Gasteiger partial charge is 0.161 e. The van der Waals surface area contributed by atoms with E-state index in [-0.39, 0.29) is 0 Å². The van der Waals surface area contributed by atoms with E-state index in [1.165, 1.54) is 22.3 Å². The van der Waals surface area contributed by atoms with Crippen molar-refractivity contribution in [3.8, 4) is 0 Å². The average molecular weight is 653 g/mol. The van der Waals surface area contributed by atoms with Crippen LogP contribution in [0.4, 0.5) is 22.7 Å². The van der Waals surface area contributed by atoms with Gasteiger partial charge in [0, 0.05) is 47.0 Å². The summed E-state index contributed by atoms with van der Waals surface area (Å²) < 4.78 is 13.3. The van der Waals surface area contributed by atoms with E-state index in [9.17, 15) is 0 Å². The summed E-state index contributed by atoms with van der Waals surface area (Å²) in [7, 11) is 0. The maximum atomic E-state index is 6.65. The summed E-state index contributed by atoms with van der Waals surface area (Å²) in [5, 5.41) is 14.4. The molecule has 0 aromatic heterocycles. The summed E-state index contributed by atoms with van der Waals surface area (Å²) in [5.74, 6) is 0. The van der Waals surface area contributed by atoms with Gasteiger partial charge in [0.05, 0.1) is 13.2 Å². The van der Waals surface area contributed by atoms with Gasteiger partial charge >= 0.3 is 0 Å². The molecule has 6 nitrogen and oxygen atoms in total. The molecule has 4 aromatic carbocycles. The Labute approximate surface area is 291 Å². The Kier molecular flexibility index (Phi) is 10.7. The molecule has 0 bridgehead atoms. The molecule has 0 saturated heterocycles. The first-order valence-electron chi connectivity index (χ1n) is 17.2. The summed E-state index contributed by atoms with van der Waals surface area (Å²) in [6.07, 6.45) is 14.9. The molecule has 4 N–H and O–H groups in total. The van der Waals surface area contributed by atoms with Gasteiger partial charge in [0.1, 0.15) is 0 Å². The van der Waals surface area contributed by atoms with E-state index in [0.29, 0.717) is 26.1 Å². The number of ether oxygens (including phenoxy) is 2. The average Bonchev–Trinajstić information content (AvgIpc) is 3.11. The van der Waals surface area contributed by atoms with Crippen LogP contribution in [0.15, 0.2) is 145 Å². The minimum absolute atomic E-state index is 0.526. The van der Waals surface area contributed by atoms with Crippen molar-refractivity contribution in [3.05, 3.63) is 167 Å². The number of rotatable bonds is 14. The second-order valence-corrected chi connectivity index (χ2v) is 13.2. The molecule has 49 heavy (non-hydrogen) atoms. The Hall–Kier alpha value is -5.04. The second-order valence-electron chi connectivity index (χ2n) is 13.2. The third-order valence-corrected chi connectivity index (χ3v) is 8.82. The van der Waals surface area contributed by atoms with Gasteiger partial charge in [-0.1, -0.05) is 82.9 Å². The van der Waals surface area contributed by atoms with Crippen LogP contribution < -0.4 is 21.3 Å². The molecule has 2 aliphatic carbocycles. The SMILES string of the molecule is Cc1ccc(NC2=CCC(Nc3ccc(C)cc3)(OCCCOC3(Nc4ccc(C)cc4)C=CC(Nc4ccc(C)cc4)=CC3)C=C2)cc1. The van der Waals surface area contributed by atoms with E-state index in [1.807, 2.05) is 0 Å². The highest BCUT2D eigenvalue weighted by atomic mass is 16.5. The van der Waals surface area contributed by atoms with Crippen LogP contribution in [-0.2, 0) is 9.47 Å². The lowest BCUT2D eigenvalue weighted by Gasteiger charge is -2.36. The largest absolute Gasteiger partial charge is 0.356 e. The van der Waals surface area contributed by atoms with Crippen molar-refractivity contribution in [2.75, 3.05) is 34.5 Å². The molecule has 0 radical (unpaired) electrons. The number of benzene rings is 4. The van der Waals surface area contributed by atoms with Crippen LogP contribution in [-0.4, -0.2) is 24.7 Å². The number of hydrogen-bond acceptors (Lipinski definition) is 6. The topological polar surface area (TPSA) is 66.6 Å². The third kappa shape index (κ3) is 9.53. The molecule has 4 aromatic rings. The van der Waals surface area contributed by atoms with Gasteiger partial charge in [-0.25, -0.2) is 0 Å². The van der Waals surface area contributed by atoms with E-state index in [0.717, 1.165) is 40.6 Å². The lowest BCUT2D eigenvalue weighted by atomic mass is 10.0. The normalized spacial score (nSPS) is 19.9. The monoisotopic (exact) mass is 652 g/mol. The van der Waals surface area contributed by atoms with Gasteiger partial charge in [0.2, 0.25) is 0 Å². The van der Waals surface area contributed by atoms with Gasteiger partial charge in [-0.05, 0) is 107 Å². The number of hydrogen-bond donors (Lipinski definition) is 4. The predicted molar refractivity (Wildman–Crippen MR) is 205 cm³/mol. The Morgan fingerprint density at radius 3 is 1.10 bits per heavy atom. The molecule has 6 heteroatoms. The number of aryl methyl sites for hydroxylation is 4. The van der Waals surface area contributed by atoms with Crippen molar-refractivity contribution >= 4 is 22.7 Å². The fourth-order valence-corrected chi connectivity index (χ4v) is 5.84. The molecule has 2 aliphatic rings. The molecule has 2 atom stereocenters. The van der Waals surface area contributed by atoms with Gasteiger partial charge < -0.3 is 30.7 Å². The van der Waals surface area contributed by atoms with Gasteiger partial charge in [-0.15, -0.1) is 0 Å². The number of anilines is 4. The first-order valence-corrected chi connectivity index (χ1v) is 17.2. The number of nitrogens with one attached hydrogen (secondary N) is 4. The summed E-state index contributed by atoms with van der Waals surface area (Å²) >= 11 is 0. The molecule has 252 valence electrons. The van der Waals surface area contributed by atoms with Crippen LogP contribution in [0.25, 0.3) is 0 Å². The molecule has 0 saturated carbocycles. The second kappa shape index (κ2) is 15.5. The lowest BCUT2D eigenvalue weighted by molar-refractivity contribution is -0.0244. The first-order chi connectivity index (χ1) is 23.8.